The van der Waals surface area contributed by atoms with Gasteiger partial charge in [0, 0.05) is 5.75 Å². The minimum Gasteiger partial charge on any atom is -0.463 e. The van der Waals surface area contributed by atoms with E-state index in [0.717, 1.165) is 12.2 Å². The van der Waals surface area contributed by atoms with Gasteiger partial charge < -0.3 is 4.74 Å². The molecule has 0 aliphatic heterocycles. The average Bonchev–Trinajstić information content (AvgIpc) is 2.00. The lowest BCUT2D eigenvalue weighted by Gasteiger charge is -2.09. The molecule has 0 fully saturated rings. The van der Waals surface area contributed by atoms with E-state index in [9.17, 15) is 4.79 Å². The molecular formula is C8H16O2S. The van der Waals surface area contributed by atoms with Crippen LogP contribution >= 0.6 is 11.8 Å². The van der Waals surface area contributed by atoms with Crippen LogP contribution in [-0.2, 0) is 9.53 Å². The first kappa shape index (κ1) is 10.8. The van der Waals surface area contributed by atoms with E-state index in [-0.39, 0.29) is 12.1 Å². The molecule has 0 N–H and O–H groups in total. The van der Waals surface area contributed by atoms with Crippen LogP contribution in [-0.4, -0.2) is 24.1 Å². The highest BCUT2D eigenvalue weighted by molar-refractivity contribution is 7.98. The topological polar surface area (TPSA) is 26.3 Å². The molecule has 2 nitrogen and oxygen atoms in total. The summed E-state index contributed by atoms with van der Waals surface area (Å²) < 4.78 is 5.05. The zero-order valence-corrected chi connectivity index (χ0v) is 8.24. The Morgan fingerprint density at radius 1 is 1.64 bits per heavy atom. The molecular weight excluding hydrogens is 160 g/mol. The van der Waals surface area contributed by atoms with Gasteiger partial charge in [0.05, 0.1) is 12.5 Å². The van der Waals surface area contributed by atoms with Gasteiger partial charge in [0.25, 0.3) is 0 Å². The monoisotopic (exact) mass is 176 g/mol. The van der Waals surface area contributed by atoms with Crippen molar-refractivity contribution in [1.82, 2.24) is 0 Å². The van der Waals surface area contributed by atoms with Gasteiger partial charge in [-0.2, -0.15) is 11.8 Å². The molecule has 0 saturated heterocycles. The van der Waals surface area contributed by atoms with E-state index < -0.39 is 0 Å². The summed E-state index contributed by atoms with van der Waals surface area (Å²) in [7, 11) is 0. The Labute approximate surface area is 72.7 Å². The normalized spacial score (nSPS) is 12.6. The first-order valence-electron chi connectivity index (χ1n) is 3.89. The van der Waals surface area contributed by atoms with Crippen molar-refractivity contribution in [2.75, 3.05) is 12.0 Å². The maximum Gasteiger partial charge on any atom is 0.306 e. The average molecular weight is 176 g/mol. The van der Waals surface area contributed by atoms with E-state index in [0.29, 0.717) is 6.42 Å². The van der Waals surface area contributed by atoms with Crippen molar-refractivity contribution in [1.29, 1.82) is 0 Å². The van der Waals surface area contributed by atoms with Gasteiger partial charge in [-0.05, 0) is 19.6 Å². The Morgan fingerprint density at radius 3 is 2.73 bits per heavy atom. The Bertz CT molecular complexity index is 115. The Morgan fingerprint density at radius 2 is 2.27 bits per heavy atom. The van der Waals surface area contributed by atoms with Crippen molar-refractivity contribution in [3.05, 3.63) is 0 Å². The lowest BCUT2D eigenvalue weighted by Crippen LogP contribution is -2.14. The molecule has 0 heterocycles. The zero-order chi connectivity index (χ0) is 8.69. The quantitative estimate of drug-likeness (QED) is 0.600. The van der Waals surface area contributed by atoms with E-state index in [1.54, 1.807) is 11.8 Å². The molecule has 0 rings (SSSR count). The van der Waals surface area contributed by atoms with E-state index in [1.807, 2.05) is 20.1 Å². The van der Waals surface area contributed by atoms with Gasteiger partial charge >= 0.3 is 5.97 Å². The predicted molar refractivity (Wildman–Crippen MR) is 48.8 cm³/mol. The summed E-state index contributed by atoms with van der Waals surface area (Å²) in [5, 5.41) is 0. The van der Waals surface area contributed by atoms with Gasteiger partial charge in [0.2, 0.25) is 0 Å². The minimum atomic E-state index is -0.0753. The van der Waals surface area contributed by atoms with E-state index in [2.05, 4.69) is 0 Å². The summed E-state index contributed by atoms with van der Waals surface area (Å²) in [5.41, 5.74) is 0. The van der Waals surface area contributed by atoms with Crippen LogP contribution in [0.15, 0.2) is 0 Å². The Balaban J connectivity index is 3.36. The van der Waals surface area contributed by atoms with Crippen molar-refractivity contribution < 1.29 is 9.53 Å². The maximum atomic E-state index is 10.9. The summed E-state index contributed by atoms with van der Waals surface area (Å²) in [5.74, 6) is 0.781. The highest BCUT2D eigenvalue weighted by Gasteiger charge is 2.05. The van der Waals surface area contributed by atoms with Crippen LogP contribution in [0.2, 0.25) is 0 Å². The van der Waals surface area contributed by atoms with Gasteiger partial charge in [-0.25, -0.2) is 0 Å². The zero-order valence-electron chi connectivity index (χ0n) is 7.42. The molecule has 0 aromatic heterocycles. The smallest absolute Gasteiger partial charge is 0.306 e. The van der Waals surface area contributed by atoms with Crippen LogP contribution in [0.3, 0.4) is 0 Å². The fraction of sp³-hybridized carbons (Fsp3) is 0.875. The number of carbonyl (C=O) groups is 1. The first-order valence-corrected chi connectivity index (χ1v) is 5.28. The molecule has 0 bridgehead atoms. The van der Waals surface area contributed by atoms with Gasteiger partial charge in [-0.1, -0.05) is 6.92 Å². The summed E-state index contributed by atoms with van der Waals surface area (Å²) in [6.07, 6.45) is 3.48. The number of thioether (sulfide) groups is 1. The molecule has 3 heteroatoms. The van der Waals surface area contributed by atoms with Gasteiger partial charge in [0.15, 0.2) is 0 Å². The second-order valence-electron chi connectivity index (χ2n) is 2.45. The second kappa shape index (κ2) is 6.53. The van der Waals surface area contributed by atoms with Crippen LogP contribution in [0.1, 0.15) is 26.7 Å². The summed E-state index contributed by atoms with van der Waals surface area (Å²) in [6.45, 7) is 3.92. The largest absolute Gasteiger partial charge is 0.463 e. The SMILES string of the molecule is CCC(C)OC(=O)CCSC. The third kappa shape index (κ3) is 6.23. The van der Waals surface area contributed by atoms with Crippen LogP contribution in [0, 0.1) is 0 Å². The number of hydrogen-bond donors (Lipinski definition) is 0. The molecule has 11 heavy (non-hydrogen) atoms. The minimum absolute atomic E-state index is 0.0735. The fourth-order valence-corrected chi connectivity index (χ4v) is 0.923. The molecule has 0 amide bonds. The molecule has 0 aromatic rings. The third-order valence-corrected chi connectivity index (χ3v) is 2.03. The van der Waals surface area contributed by atoms with Crippen molar-refractivity contribution in [2.24, 2.45) is 0 Å². The Kier molecular flexibility index (Phi) is 6.42. The number of esters is 1. The van der Waals surface area contributed by atoms with E-state index >= 15 is 0 Å². The van der Waals surface area contributed by atoms with Crippen molar-refractivity contribution in [3.8, 4) is 0 Å². The molecule has 0 radical (unpaired) electrons. The number of hydrogen-bond acceptors (Lipinski definition) is 3. The lowest BCUT2D eigenvalue weighted by molar-refractivity contribution is -0.147. The molecule has 0 saturated carbocycles. The van der Waals surface area contributed by atoms with Crippen molar-refractivity contribution >= 4 is 17.7 Å². The highest BCUT2D eigenvalue weighted by Crippen LogP contribution is 2.01. The molecule has 0 aromatic carbocycles. The molecule has 0 aliphatic rings. The van der Waals surface area contributed by atoms with Gasteiger partial charge in [-0.3, -0.25) is 4.79 Å². The maximum absolute atomic E-state index is 10.9. The fourth-order valence-electron chi connectivity index (χ4n) is 0.552. The van der Waals surface area contributed by atoms with Crippen LogP contribution in [0.5, 0.6) is 0 Å². The summed E-state index contributed by atoms with van der Waals surface area (Å²) in [4.78, 5) is 10.9. The standard InChI is InChI=1S/C8H16O2S/c1-4-7(2)10-8(9)5-6-11-3/h7H,4-6H2,1-3H3. The van der Waals surface area contributed by atoms with E-state index in [4.69, 9.17) is 4.74 Å². The van der Waals surface area contributed by atoms with Gasteiger partial charge in [-0.15, -0.1) is 0 Å². The number of rotatable bonds is 5. The molecule has 1 atom stereocenters. The molecule has 66 valence electrons. The Hall–Kier alpha value is -0.180. The molecule has 1 unspecified atom stereocenters. The summed E-state index contributed by atoms with van der Waals surface area (Å²) in [6, 6.07) is 0. The molecule has 0 spiro atoms. The van der Waals surface area contributed by atoms with Crippen LogP contribution in [0.4, 0.5) is 0 Å². The lowest BCUT2D eigenvalue weighted by atomic mass is 10.3. The summed E-state index contributed by atoms with van der Waals surface area (Å²) >= 11 is 1.66. The second-order valence-corrected chi connectivity index (χ2v) is 3.44. The predicted octanol–water partition coefficient (Wildman–Crippen LogP) is 2.08. The number of ether oxygens (including phenoxy) is 1. The van der Waals surface area contributed by atoms with E-state index in [1.165, 1.54) is 0 Å². The third-order valence-electron chi connectivity index (χ3n) is 1.42. The van der Waals surface area contributed by atoms with Crippen molar-refractivity contribution in [3.63, 3.8) is 0 Å². The van der Waals surface area contributed by atoms with Crippen LogP contribution < -0.4 is 0 Å². The highest BCUT2D eigenvalue weighted by atomic mass is 32.2. The van der Waals surface area contributed by atoms with Crippen molar-refractivity contribution in [2.45, 2.75) is 32.8 Å². The molecule has 0 aliphatic carbocycles. The first-order chi connectivity index (χ1) is 5.20. The van der Waals surface area contributed by atoms with Crippen LogP contribution in [0.25, 0.3) is 0 Å². The van der Waals surface area contributed by atoms with Gasteiger partial charge in [0.1, 0.15) is 0 Å². The number of carbonyl (C=O) groups excluding carboxylic acids is 1.